The lowest BCUT2D eigenvalue weighted by Gasteiger charge is -2.34. The number of amides is 1. The molecule has 4 aromatic rings. The van der Waals surface area contributed by atoms with Crippen LogP contribution >= 0.6 is 0 Å². The fourth-order valence-electron chi connectivity index (χ4n) is 4.34. The number of hydrogen-bond donors (Lipinski definition) is 1. The number of carbonyl (C=O) groups excluding carboxylic acids is 1. The Morgan fingerprint density at radius 3 is 2.67 bits per heavy atom. The van der Waals surface area contributed by atoms with Crippen molar-refractivity contribution >= 4 is 16.8 Å². The van der Waals surface area contributed by atoms with E-state index < -0.39 is 17.9 Å². The zero-order chi connectivity index (χ0) is 22.7. The lowest BCUT2D eigenvalue weighted by atomic mass is 9.97. The average Bonchev–Trinajstić information content (AvgIpc) is 3.53. The Labute approximate surface area is 187 Å². The summed E-state index contributed by atoms with van der Waals surface area (Å²) >= 11 is 0. The summed E-state index contributed by atoms with van der Waals surface area (Å²) in [5.41, 5.74) is 2.46. The van der Waals surface area contributed by atoms with Gasteiger partial charge in [0.05, 0.1) is 18.7 Å². The second-order valence-electron chi connectivity index (χ2n) is 8.71. The molecule has 6 nitrogen and oxygen atoms in total. The number of benzene rings is 1. The standard InChI is InChI=1S/C25H20F2N4O2/c26-17-3-4-19(20(11-17)24(32)30-12-18(27)13-30)16-9-21(14-1-2-14)29-22(10-16)31-8-6-15-5-7-28-23(15)25(31)33/h3-11,14,18,28H,1-2,12-13H2. The maximum absolute atomic E-state index is 14.1. The van der Waals surface area contributed by atoms with Crippen molar-refractivity contribution in [2.24, 2.45) is 0 Å². The summed E-state index contributed by atoms with van der Waals surface area (Å²) in [5.74, 6) is -0.221. The minimum atomic E-state index is -1.05. The number of H-pyrrole nitrogens is 1. The molecule has 2 aliphatic rings. The van der Waals surface area contributed by atoms with Gasteiger partial charge in [-0.1, -0.05) is 6.07 Å². The summed E-state index contributed by atoms with van der Waals surface area (Å²) in [4.78, 5) is 35.1. The second kappa shape index (κ2) is 7.37. The number of nitrogens with one attached hydrogen (secondary N) is 1. The van der Waals surface area contributed by atoms with Gasteiger partial charge in [-0.2, -0.15) is 0 Å². The third-order valence-corrected chi connectivity index (χ3v) is 6.34. The van der Waals surface area contributed by atoms with Crippen LogP contribution in [0.25, 0.3) is 27.8 Å². The normalized spacial score (nSPS) is 16.2. The van der Waals surface area contributed by atoms with Crippen molar-refractivity contribution in [3.8, 4) is 16.9 Å². The Balaban J connectivity index is 1.51. The van der Waals surface area contributed by atoms with Crippen molar-refractivity contribution in [3.63, 3.8) is 0 Å². The van der Waals surface area contributed by atoms with Crippen LogP contribution in [0, 0.1) is 5.82 Å². The molecule has 0 unspecified atom stereocenters. The molecule has 1 saturated heterocycles. The number of aromatic nitrogens is 3. The Morgan fingerprint density at radius 2 is 1.91 bits per heavy atom. The van der Waals surface area contributed by atoms with Gasteiger partial charge < -0.3 is 9.88 Å². The fourth-order valence-corrected chi connectivity index (χ4v) is 4.34. The quantitative estimate of drug-likeness (QED) is 0.511. The van der Waals surface area contributed by atoms with Gasteiger partial charge in [-0.15, -0.1) is 0 Å². The van der Waals surface area contributed by atoms with E-state index in [2.05, 4.69) is 4.98 Å². The lowest BCUT2D eigenvalue weighted by Crippen LogP contribution is -2.51. The number of halogens is 2. The largest absolute Gasteiger partial charge is 0.357 e. The van der Waals surface area contributed by atoms with Crippen molar-refractivity contribution in [1.82, 2.24) is 19.4 Å². The van der Waals surface area contributed by atoms with E-state index in [0.717, 1.165) is 23.9 Å². The van der Waals surface area contributed by atoms with Crippen molar-refractivity contribution in [2.45, 2.75) is 24.9 Å². The van der Waals surface area contributed by atoms with Crippen LogP contribution in [0.4, 0.5) is 8.78 Å². The summed E-state index contributed by atoms with van der Waals surface area (Å²) in [6.07, 6.45) is 4.35. The Kier molecular flexibility index (Phi) is 4.43. The number of pyridine rings is 2. The summed E-state index contributed by atoms with van der Waals surface area (Å²) in [7, 11) is 0. The highest BCUT2D eigenvalue weighted by atomic mass is 19.1. The van der Waals surface area contributed by atoms with Crippen LogP contribution in [0.5, 0.6) is 0 Å². The molecule has 1 aromatic carbocycles. The van der Waals surface area contributed by atoms with Crippen LogP contribution in [-0.4, -0.2) is 44.6 Å². The van der Waals surface area contributed by atoms with Crippen LogP contribution in [-0.2, 0) is 0 Å². The van der Waals surface area contributed by atoms with Gasteiger partial charge in [-0.3, -0.25) is 14.2 Å². The highest BCUT2D eigenvalue weighted by Gasteiger charge is 2.33. The number of hydrogen-bond acceptors (Lipinski definition) is 3. The molecule has 33 heavy (non-hydrogen) atoms. The number of alkyl halides is 1. The second-order valence-corrected chi connectivity index (χ2v) is 8.71. The van der Waals surface area contributed by atoms with Gasteiger partial charge in [-0.05, 0) is 60.4 Å². The fraction of sp³-hybridized carbons (Fsp3) is 0.240. The first-order chi connectivity index (χ1) is 16.0. The van der Waals surface area contributed by atoms with E-state index in [1.807, 2.05) is 18.2 Å². The monoisotopic (exact) mass is 446 g/mol. The predicted octanol–water partition coefficient (Wildman–Crippen LogP) is 4.19. The van der Waals surface area contributed by atoms with Crippen LogP contribution in [0.1, 0.15) is 34.8 Å². The highest BCUT2D eigenvalue weighted by molar-refractivity contribution is 6.01. The molecular formula is C25H20F2N4O2. The number of fused-ring (bicyclic) bond motifs is 1. The van der Waals surface area contributed by atoms with Gasteiger partial charge in [0.25, 0.3) is 11.5 Å². The molecule has 1 amide bonds. The van der Waals surface area contributed by atoms with Gasteiger partial charge in [0.1, 0.15) is 23.3 Å². The molecule has 2 fully saturated rings. The molecule has 1 N–H and O–H groups in total. The molecule has 0 atom stereocenters. The van der Waals surface area contributed by atoms with E-state index in [9.17, 15) is 18.4 Å². The van der Waals surface area contributed by atoms with E-state index >= 15 is 0 Å². The molecular weight excluding hydrogens is 426 g/mol. The van der Waals surface area contributed by atoms with E-state index in [0.29, 0.717) is 22.5 Å². The maximum atomic E-state index is 14.1. The predicted molar refractivity (Wildman–Crippen MR) is 120 cm³/mol. The molecule has 3 aromatic heterocycles. The van der Waals surface area contributed by atoms with Crippen molar-refractivity contribution in [2.75, 3.05) is 13.1 Å². The maximum Gasteiger partial charge on any atom is 0.280 e. The van der Waals surface area contributed by atoms with Crippen LogP contribution < -0.4 is 5.56 Å². The van der Waals surface area contributed by atoms with Gasteiger partial charge >= 0.3 is 0 Å². The van der Waals surface area contributed by atoms with Gasteiger partial charge in [-0.25, -0.2) is 13.8 Å². The summed E-state index contributed by atoms with van der Waals surface area (Å²) in [5, 5.41) is 0.807. The summed E-state index contributed by atoms with van der Waals surface area (Å²) in [6.45, 7) is 0.0184. The minimum absolute atomic E-state index is 0.00919. The van der Waals surface area contributed by atoms with Gasteiger partial charge in [0.15, 0.2) is 0 Å². The topological polar surface area (TPSA) is 71.0 Å². The number of aromatic amines is 1. The Morgan fingerprint density at radius 1 is 1.09 bits per heavy atom. The van der Waals surface area contributed by atoms with Crippen molar-refractivity contribution in [3.05, 3.63) is 82.3 Å². The van der Waals surface area contributed by atoms with E-state index in [-0.39, 0.29) is 30.1 Å². The number of carbonyl (C=O) groups is 1. The summed E-state index contributed by atoms with van der Waals surface area (Å²) < 4.78 is 28.9. The number of likely N-dealkylation sites (tertiary alicyclic amines) is 1. The molecule has 0 bridgehead atoms. The molecule has 0 radical (unpaired) electrons. The SMILES string of the molecule is O=C(c1cc(F)ccc1-c1cc(C2CC2)nc(-n2ccc3cc[nH]c3c2=O)c1)N1CC(F)C1. The molecule has 6 rings (SSSR count). The zero-order valence-corrected chi connectivity index (χ0v) is 17.6. The van der Waals surface area contributed by atoms with Crippen molar-refractivity contribution in [1.29, 1.82) is 0 Å². The third-order valence-electron chi connectivity index (χ3n) is 6.34. The Bertz CT molecular complexity index is 1470. The van der Waals surface area contributed by atoms with Gasteiger partial charge in [0.2, 0.25) is 0 Å². The lowest BCUT2D eigenvalue weighted by molar-refractivity contribution is 0.0400. The molecule has 1 aliphatic heterocycles. The van der Waals surface area contributed by atoms with E-state index in [1.165, 1.54) is 21.6 Å². The first-order valence-corrected chi connectivity index (χ1v) is 10.9. The smallest absolute Gasteiger partial charge is 0.280 e. The zero-order valence-electron chi connectivity index (χ0n) is 17.6. The van der Waals surface area contributed by atoms with E-state index in [4.69, 9.17) is 4.98 Å². The average molecular weight is 446 g/mol. The minimum Gasteiger partial charge on any atom is -0.357 e. The first-order valence-electron chi connectivity index (χ1n) is 10.9. The van der Waals surface area contributed by atoms with Crippen LogP contribution in [0.15, 0.2) is 59.7 Å². The highest BCUT2D eigenvalue weighted by Crippen LogP contribution is 2.41. The molecule has 166 valence electrons. The van der Waals surface area contributed by atoms with Crippen LogP contribution in [0.2, 0.25) is 0 Å². The molecule has 8 heteroatoms. The molecule has 1 saturated carbocycles. The van der Waals surface area contributed by atoms with Crippen LogP contribution in [0.3, 0.4) is 0 Å². The first kappa shape index (κ1) is 19.8. The molecule has 1 aliphatic carbocycles. The number of rotatable bonds is 4. The van der Waals surface area contributed by atoms with Crippen molar-refractivity contribution < 1.29 is 13.6 Å². The van der Waals surface area contributed by atoms with E-state index in [1.54, 1.807) is 24.5 Å². The number of nitrogens with zero attached hydrogens (tertiary/aromatic N) is 3. The third kappa shape index (κ3) is 3.42. The van der Waals surface area contributed by atoms with Gasteiger partial charge in [0, 0.05) is 29.4 Å². The molecule has 0 spiro atoms. The Hall–Kier alpha value is -3.81. The summed E-state index contributed by atoms with van der Waals surface area (Å²) in [6, 6.07) is 11.3. The molecule has 4 heterocycles.